The van der Waals surface area contributed by atoms with E-state index in [4.69, 9.17) is 21.4 Å². The number of aliphatic carboxylic acids is 1. The van der Waals surface area contributed by atoms with Crippen LogP contribution >= 0.6 is 11.6 Å². The Hall–Kier alpha value is -1.63. The Morgan fingerprint density at radius 1 is 1.46 bits per heavy atom. The first kappa shape index (κ1) is 18.7. The summed E-state index contributed by atoms with van der Waals surface area (Å²) in [5.74, 6) is -3.18. The molecule has 0 saturated carbocycles. The van der Waals surface area contributed by atoms with Crippen molar-refractivity contribution in [1.29, 1.82) is 0 Å². The summed E-state index contributed by atoms with van der Waals surface area (Å²) in [6.07, 6.45) is -0.149. The number of carboxylic acid groups (broad SMARTS) is 1. The van der Waals surface area contributed by atoms with Crippen LogP contribution in [0.15, 0.2) is 24.3 Å². The molecule has 1 fully saturated rings. The van der Waals surface area contributed by atoms with Gasteiger partial charge < -0.3 is 19.8 Å². The largest absolute Gasteiger partial charge is 0.481 e. The number of ether oxygens (including phenoxy) is 1. The Balaban J connectivity index is 2.22. The molecule has 1 aromatic rings. The van der Waals surface area contributed by atoms with E-state index in [1.807, 2.05) is 12.1 Å². The summed E-state index contributed by atoms with van der Waals surface area (Å²) in [5, 5.41) is 19.4. The van der Waals surface area contributed by atoms with Crippen LogP contribution in [0.5, 0.6) is 0 Å². The fourth-order valence-corrected chi connectivity index (χ4v) is 3.16. The first-order valence-electron chi connectivity index (χ1n) is 7.85. The lowest BCUT2D eigenvalue weighted by molar-refractivity contribution is -0.214. The van der Waals surface area contributed by atoms with Gasteiger partial charge in [-0.1, -0.05) is 23.7 Å². The molecule has 2 N–H and O–H groups in total. The normalized spacial score (nSPS) is 19.3. The van der Waals surface area contributed by atoms with Crippen LogP contribution in [0.2, 0.25) is 5.02 Å². The zero-order valence-electron chi connectivity index (χ0n) is 13.7. The van der Waals surface area contributed by atoms with Gasteiger partial charge in [0.1, 0.15) is 6.10 Å². The predicted octanol–water partition coefficient (Wildman–Crippen LogP) is 2.59. The van der Waals surface area contributed by atoms with Crippen molar-refractivity contribution in [1.82, 2.24) is 4.90 Å². The fourth-order valence-electron chi connectivity index (χ4n) is 2.96. The SMILES string of the molecule is CC(C)(O)O[C@H](CC(=O)O)C(=O)N1CCC[C@@H]1c1cccc(Cl)c1. The van der Waals surface area contributed by atoms with Gasteiger partial charge in [-0.15, -0.1) is 0 Å². The van der Waals surface area contributed by atoms with Gasteiger partial charge in [0.25, 0.3) is 5.91 Å². The van der Waals surface area contributed by atoms with E-state index < -0.39 is 30.2 Å². The summed E-state index contributed by atoms with van der Waals surface area (Å²) in [7, 11) is 0. The summed E-state index contributed by atoms with van der Waals surface area (Å²) in [6.45, 7) is 3.25. The summed E-state index contributed by atoms with van der Waals surface area (Å²) in [5.41, 5.74) is 0.908. The van der Waals surface area contributed by atoms with Gasteiger partial charge in [-0.25, -0.2) is 0 Å². The van der Waals surface area contributed by atoms with Crippen molar-refractivity contribution in [2.24, 2.45) is 0 Å². The van der Waals surface area contributed by atoms with Gasteiger partial charge in [-0.3, -0.25) is 9.59 Å². The number of rotatable bonds is 6. The number of carboxylic acids is 1. The topological polar surface area (TPSA) is 87.1 Å². The third-order valence-corrected chi connectivity index (χ3v) is 4.07. The number of hydrogen-bond donors (Lipinski definition) is 2. The lowest BCUT2D eigenvalue weighted by atomic mass is 10.0. The van der Waals surface area contributed by atoms with E-state index in [0.29, 0.717) is 11.6 Å². The highest BCUT2D eigenvalue weighted by Gasteiger charge is 2.37. The van der Waals surface area contributed by atoms with Crippen molar-refractivity contribution in [3.63, 3.8) is 0 Å². The lowest BCUT2D eigenvalue weighted by Gasteiger charge is -2.31. The van der Waals surface area contributed by atoms with Crippen molar-refractivity contribution >= 4 is 23.5 Å². The molecule has 0 unspecified atom stereocenters. The Labute approximate surface area is 146 Å². The second-order valence-corrected chi connectivity index (χ2v) is 6.83. The maximum Gasteiger partial charge on any atom is 0.306 e. The van der Waals surface area contributed by atoms with Gasteiger partial charge in [-0.2, -0.15) is 0 Å². The minimum absolute atomic E-state index is 0.169. The van der Waals surface area contributed by atoms with E-state index in [0.717, 1.165) is 18.4 Å². The molecule has 0 aromatic heterocycles. The summed E-state index contributed by atoms with van der Waals surface area (Å²) >= 11 is 6.03. The highest BCUT2D eigenvalue weighted by Crippen LogP contribution is 2.34. The van der Waals surface area contributed by atoms with Gasteiger partial charge in [0, 0.05) is 11.6 Å². The van der Waals surface area contributed by atoms with Gasteiger partial charge in [0.15, 0.2) is 5.79 Å². The maximum atomic E-state index is 12.8. The molecule has 6 nitrogen and oxygen atoms in total. The van der Waals surface area contributed by atoms with E-state index in [1.165, 1.54) is 13.8 Å². The van der Waals surface area contributed by atoms with E-state index in [9.17, 15) is 14.7 Å². The summed E-state index contributed by atoms with van der Waals surface area (Å²) < 4.78 is 5.29. The molecule has 0 aliphatic carbocycles. The van der Waals surface area contributed by atoms with Crippen LogP contribution in [0.3, 0.4) is 0 Å². The molecule has 1 aromatic carbocycles. The minimum Gasteiger partial charge on any atom is -0.481 e. The number of aliphatic hydroxyl groups is 1. The number of likely N-dealkylation sites (tertiary alicyclic amines) is 1. The van der Waals surface area contributed by atoms with Crippen LogP contribution in [0, 0.1) is 0 Å². The van der Waals surface area contributed by atoms with Crippen molar-refractivity contribution in [3.8, 4) is 0 Å². The third-order valence-electron chi connectivity index (χ3n) is 3.84. The Morgan fingerprint density at radius 3 is 2.75 bits per heavy atom. The second-order valence-electron chi connectivity index (χ2n) is 6.40. The molecule has 0 spiro atoms. The molecule has 1 amide bonds. The van der Waals surface area contributed by atoms with Crippen LogP contribution in [0.25, 0.3) is 0 Å². The first-order valence-corrected chi connectivity index (χ1v) is 8.23. The molecular formula is C17H22ClNO5. The van der Waals surface area contributed by atoms with Crippen molar-refractivity contribution in [2.75, 3.05) is 6.54 Å². The van der Waals surface area contributed by atoms with Gasteiger partial charge in [0.2, 0.25) is 0 Å². The molecule has 7 heteroatoms. The molecule has 132 valence electrons. The average Bonchev–Trinajstić information content (AvgIpc) is 2.93. The molecule has 1 aliphatic rings. The van der Waals surface area contributed by atoms with Crippen molar-refractivity contribution in [3.05, 3.63) is 34.9 Å². The maximum absolute atomic E-state index is 12.8. The van der Waals surface area contributed by atoms with Crippen LogP contribution in [-0.2, 0) is 14.3 Å². The monoisotopic (exact) mass is 355 g/mol. The number of nitrogens with zero attached hydrogens (tertiary/aromatic N) is 1. The molecule has 1 heterocycles. The molecule has 24 heavy (non-hydrogen) atoms. The lowest BCUT2D eigenvalue weighted by Crippen LogP contribution is -2.44. The highest BCUT2D eigenvalue weighted by molar-refractivity contribution is 6.30. The fraction of sp³-hybridized carbons (Fsp3) is 0.529. The Kier molecular flexibility index (Phi) is 5.85. The number of hydrogen-bond acceptors (Lipinski definition) is 4. The van der Waals surface area contributed by atoms with E-state index in [-0.39, 0.29) is 6.04 Å². The zero-order valence-corrected chi connectivity index (χ0v) is 14.5. The van der Waals surface area contributed by atoms with Crippen molar-refractivity contribution < 1.29 is 24.5 Å². The Bertz CT molecular complexity index is 613. The first-order chi connectivity index (χ1) is 11.2. The molecule has 1 saturated heterocycles. The number of halogens is 1. The molecular weight excluding hydrogens is 334 g/mol. The number of amides is 1. The predicted molar refractivity (Wildman–Crippen MR) is 88.6 cm³/mol. The number of carbonyl (C=O) groups excluding carboxylic acids is 1. The molecule has 2 atom stereocenters. The highest BCUT2D eigenvalue weighted by atomic mass is 35.5. The van der Waals surface area contributed by atoms with Gasteiger partial charge >= 0.3 is 5.97 Å². The number of carbonyl (C=O) groups is 2. The van der Waals surface area contributed by atoms with Crippen LogP contribution < -0.4 is 0 Å². The standard InChI is InChI=1S/C17H22ClNO5/c1-17(2,23)24-14(10-15(20)21)16(22)19-8-4-7-13(19)11-5-3-6-12(18)9-11/h3,5-6,9,13-14,23H,4,7-8,10H2,1-2H3,(H,20,21)/t13-,14-/m1/s1. The Morgan fingerprint density at radius 2 is 2.17 bits per heavy atom. The van der Waals surface area contributed by atoms with Crippen molar-refractivity contribution in [2.45, 2.75) is 51.0 Å². The summed E-state index contributed by atoms with van der Waals surface area (Å²) in [4.78, 5) is 25.5. The van der Waals surface area contributed by atoms with Gasteiger partial charge in [0.05, 0.1) is 12.5 Å². The van der Waals surface area contributed by atoms with E-state index >= 15 is 0 Å². The quantitative estimate of drug-likeness (QED) is 0.766. The molecule has 0 bridgehead atoms. The van der Waals surface area contributed by atoms with Crippen LogP contribution in [-0.4, -0.2) is 45.4 Å². The molecule has 2 rings (SSSR count). The van der Waals surface area contributed by atoms with E-state index in [2.05, 4.69) is 0 Å². The minimum atomic E-state index is -1.60. The van der Waals surface area contributed by atoms with Crippen LogP contribution in [0.4, 0.5) is 0 Å². The smallest absolute Gasteiger partial charge is 0.306 e. The van der Waals surface area contributed by atoms with E-state index in [1.54, 1.807) is 17.0 Å². The second kappa shape index (κ2) is 7.51. The number of benzene rings is 1. The molecule has 1 aliphatic heterocycles. The van der Waals surface area contributed by atoms with Crippen LogP contribution in [0.1, 0.15) is 44.7 Å². The average molecular weight is 356 g/mol. The zero-order chi connectivity index (χ0) is 17.9. The van der Waals surface area contributed by atoms with Gasteiger partial charge in [-0.05, 0) is 44.4 Å². The third kappa shape index (κ3) is 4.93. The molecule has 0 radical (unpaired) electrons. The summed E-state index contributed by atoms with van der Waals surface area (Å²) in [6, 6.07) is 7.11.